The summed E-state index contributed by atoms with van der Waals surface area (Å²) >= 11 is -0.489. The van der Waals surface area contributed by atoms with Gasteiger partial charge in [0, 0.05) is 0 Å². The Labute approximate surface area is 127 Å². The van der Waals surface area contributed by atoms with Gasteiger partial charge >= 0.3 is 127 Å². The average molecular weight is 374 g/mol. The van der Waals surface area contributed by atoms with Gasteiger partial charge in [-0.25, -0.2) is 0 Å². The molecule has 2 N–H and O–H groups in total. The number of aromatic nitrogens is 2. The van der Waals surface area contributed by atoms with Gasteiger partial charge in [-0.3, -0.25) is 0 Å². The number of aromatic amines is 1. The molecule has 6 heteroatoms. The van der Waals surface area contributed by atoms with Crippen LogP contribution in [0.5, 0.6) is 0 Å². The number of hydrogen-bond acceptors (Lipinski definition) is 3. The van der Waals surface area contributed by atoms with Crippen molar-refractivity contribution >= 4 is 22.3 Å². The molecule has 0 aliphatic carbocycles. The molecule has 98 valence electrons. The first-order valence-corrected chi connectivity index (χ1v) is 8.28. The summed E-state index contributed by atoms with van der Waals surface area (Å²) in [5.74, 6) is 0.572. The van der Waals surface area contributed by atoms with E-state index in [1.54, 1.807) is 6.07 Å². The molecule has 0 fully saturated rings. The van der Waals surface area contributed by atoms with Gasteiger partial charge < -0.3 is 0 Å². The Morgan fingerprint density at radius 2 is 1.85 bits per heavy atom. The number of nitrogens with one attached hydrogen (secondary N) is 2. The van der Waals surface area contributed by atoms with Gasteiger partial charge in [0.25, 0.3) is 0 Å². The average Bonchev–Trinajstić information content (AvgIpc) is 2.48. The molecule has 20 heavy (non-hydrogen) atoms. The third kappa shape index (κ3) is 2.56. The van der Waals surface area contributed by atoms with Crippen molar-refractivity contribution in [3.05, 3.63) is 58.9 Å². The first-order valence-electron chi connectivity index (χ1n) is 5.96. The topological polar surface area (TPSA) is 57.8 Å². The quantitative estimate of drug-likeness (QED) is 0.355. The van der Waals surface area contributed by atoms with E-state index < -0.39 is 21.3 Å². The predicted molar refractivity (Wildman–Crippen MR) is 77.2 cm³/mol. The first kappa shape index (κ1) is 13.2. The summed E-state index contributed by atoms with van der Waals surface area (Å²) < 4.78 is 3.12. The number of benzene rings is 2. The fourth-order valence-electron chi connectivity index (χ4n) is 1.98. The number of hydrogen-bond donors (Lipinski definition) is 2. The summed E-state index contributed by atoms with van der Waals surface area (Å²) in [4.78, 5) is 19.3. The Kier molecular flexibility index (Phi) is 3.73. The summed E-state index contributed by atoms with van der Waals surface area (Å²) in [6, 6.07) is 15.0. The van der Waals surface area contributed by atoms with Crippen molar-refractivity contribution in [1.82, 2.24) is 9.97 Å². The van der Waals surface area contributed by atoms with Gasteiger partial charge in [0.05, 0.1) is 0 Å². The molecule has 0 spiro atoms. The van der Waals surface area contributed by atoms with Gasteiger partial charge in [0.1, 0.15) is 0 Å². The minimum atomic E-state index is -0.489. The Balaban J connectivity index is 2.07. The fraction of sp³-hybridized carbons (Fsp3) is 0. The second-order valence-electron chi connectivity index (χ2n) is 4.21. The second-order valence-corrected chi connectivity index (χ2v) is 5.37. The molecule has 0 aliphatic rings. The van der Waals surface area contributed by atoms with E-state index in [2.05, 4.69) is 13.5 Å². The number of halogens is 1. The summed E-state index contributed by atoms with van der Waals surface area (Å²) in [5.41, 5.74) is 7.95. The molecule has 2 aromatic carbocycles. The van der Waals surface area contributed by atoms with E-state index in [0.717, 1.165) is 11.3 Å². The van der Waals surface area contributed by atoms with E-state index >= 15 is 0 Å². The Morgan fingerprint density at radius 3 is 2.60 bits per heavy atom. The summed E-state index contributed by atoms with van der Waals surface area (Å²) in [6.07, 6.45) is 0. The van der Waals surface area contributed by atoms with Crippen LogP contribution in [0.2, 0.25) is 0 Å². The summed E-state index contributed by atoms with van der Waals surface area (Å²) in [6.45, 7) is 0. The van der Waals surface area contributed by atoms with Gasteiger partial charge in [0.15, 0.2) is 0 Å². The number of H-pyrrole nitrogens is 1. The Bertz CT molecular complexity index is 801. The molecule has 0 atom stereocenters. The van der Waals surface area contributed by atoms with Crippen LogP contribution < -0.4 is 30.4 Å². The van der Waals surface area contributed by atoms with Crippen LogP contribution in [0.15, 0.2) is 53.3 Å². The molecule has 1 heterocycles. The van der Waals surface area contributed by atoms with Crippen molar-refractivity contribution < 1.29 is 21.3 Å². The zero-order chi connectivity index (χ0) is 13.9. The standard InChI is InChI=1S/C14H10BIN3O/c15-16-19-10-7-5-9(6-8-10)13-17-12-4-2-1-3-11(12)14(20)18-13/h1-8,19H,(H,17,18,20)/q-1. The van der Waals surface area contributed by atoms with E-state index in [1.807, 2.05) is 42.5 Å². The number of rotatable bonds is 3. The van der Waals surface area contributed by atoms with Gasteiger partial charge in [0.2, 0.25) is 0 Å². The third-order valence-electron chi connectivity index (χ3n) is 2.93. The van der Waals surface area contributed by atoms with Crippen molar-refractivity contribution in [2.75, 3.05) is 3.53 Å². The van der Waals surface area contributed by atoms with Crippen LogP contribution in [0.25, 0.3) is 22.3 Å². The number of fused-ring (bicyclic) bond motifs is 1. The van der Waals surface area contributed by atoms with Gasteiger partial charge in [-0.05, 0) is 0 Å². The molecule has 0 bridgehead atoms. The predicted octanol–water partition coefficient (Wildman–Crippen LogP) is -0.910. The van der Waals surface area contributed by atoms with Crippen LogP contribution >= 0.6 is 0 Å². The maximum absolute atomic E-state index is 12.0. The van der Waals surface area contributed by atoms with Crippen molar-refractivity contribution in [2.24, 2.45) is 0 Å². The van der Waals surface area contributed by atoms with Crippen molar-refractivity contribution in [2.45, 2.75) is 0 Å². The molecule has 3 rings (SSSR count). The minimum absolute atomic E-state index is 0.124. The molecule has 4 nitrogen and oxygen atoms in total. The van der Waals surface area contributed by atoms with E-state index in [-0.39, 0.29) is 5.56 Å². The third-order valence-corrected chi connectivity index (χ3v) is 3.87. The summed E-state index contributed by atoms with van der Waals surface area (Å²) in [7, 11) is 0. The zero-order valence-electron chi connectivity index (χ0n) is 10.4. The van der Waals surface area contributed by atoms with Crippen LogP contribution in [-0.4, -0.2) is 15.7 Å². The molecular formula is C14H10BIN3O-. The monoisotopic (exact) mass is 374 g/mol. The fourth-order valence-corrected chi connectivity index (χ4v) is 2.70. The Morgan fingerprint density at radius 1 is 1.10 bits per heavy atom. The van der Waals surface area contributed by atoms with Gasteiger partial charge in [-0.1, -0.05) is 0 Å². The molecule has 2 radical (unpaired) electrons. The van der Waals surface area contributed by atoms with Gasteiger partial charge in [-0.2, -0.15) is 0 Å². The molecule has 0 unspecified atom stereocenters. The van der Waals surface area contributed by atoms with Crippen molar-refractivity contribution in [3.63, 3.8) is 0 Å². The molecular weight excluding hydrogens is 364 g/mol. The number of anilines is 1. The molecule has 0 saturated carbocycles. The Hall–Kier alpha value is -1.83. The first-order chi connectivity index (χ1) is 9.78. The van der Waals surface area contributed by atoms with E-state index in [0.29, 0.717) is 16.7 Å². The molecule has 0 aliphatic heterocycles. The number of nitrogens with zero attached hydrogens (tertiary/aromatic N) is 1. The van der Waals surface area contributed by atoms with Crippen LogP contribution in [-0.2, 0) is 0 Å². The molecule has 0 saturated heterocycles. The summed E-state index contributed by atoms with van der Waals surface area (Å²) in [5, 5.41) is 0.599. The van der Waals surface area contributed by atoms with Crippen LogP contribution in [0.1, 0.15) is 0 Å². The van der Waals surface area contributed by atoms with Crippen molar-refractivity contribution in [1.29, 1.82) is 0 Å². The molecule has 0 amide bonds. The maximum atomic E-state index is 12.0. The SMILES string of the molecule is [B][I-]Nc1ccc(-c2nc3ccccc3c(=O)[nH]2)cc1. The van der Waals surface area contributed by atoms with Crippen LogP contribution in [0.3, 0.4) is 0 Å². The number of para-hydroxylation sites is 1. The van der Waals surface area contributed by atoms with Crippen LogP contribution in [0.4, 0.5) is 5.69 Å². The van der Waals surface area contributed by atoms with E-state index in [4.69, 9.17) is 5.70 Å². The zero-order valence-corrected chi connectivity index (χ0v) is 12.6. The molecule has 3 aromatic rings. The second kappa shape index (κ2) is 5.66. The van der Waals surface area contributed by atoms with Gasteiger partial charge in [-0.15, -0.1) is 0 Å². The molecule has 1 aromatic heterocycles. The van der Waals surface area contributed by atoms with E-state index in [9.17, 15) is 4.79 Å². The van der Waals surface area contributed by atoms with E-state index in [1.165, 1.54) is 0 Å². The van der Waals surface area contributed by atoms with Crippen LogP contribution in [0, 0.1) is 0 Å². The van der Waals surface area contributed by atoms with Crippen molar-refractivity contribution in [3.8, 4) is 11.4 Å². The normalized spacial score (nSPS) is 10.8.